The Morgan fingerprint density at radius 3 is 3.17 bits per heavy atom. The molecule has 0 amide bonds. The number of hydrogen-bond acceptors (Lipinski definition) is 5. The molecular weight excluding hydrogens is 234 g/mol. The molecule has 18 heavy (non-hydrogen) atoms. The second kappa shape index (κ2) is 5.66. The highest BCUT2D eigenvalue weighted by molar-refractivity contribution is 5.68. The summed E-state index contributed by atoms with van der Waals surface area (Å²) in [5.74, 6) is 0.404. The van der Waals surface area contributed by atoms with Crippen molar-refractivity contribution in [2.24, 2.45) is 0 Å². The van der Waals surface area contributed by atoms with Crippen LogP contribution in [0.2, 0.25) is 0 Å². The van der Waals surface area contributed by atoms with Gasteiger partial charge < -0.3 is 14.7 Å². The molecule has 1 saturated heterocycles. The summed E-state index contributed by atoms with van der Waals surface area (Å²) in [7, 11) is 0. The number of anilines is 1. The number of carboxylic acid groups (broad SMARTS) is 1. The van der Waals surface area contributed by atoms with Crippen LogP contribution >= 0.6 is 0 Å². The van der Waals surface area contributed by atoms with Gasteiger partial charge >= 0.3 is 5.97 Å². The van der Waals surface area contributed by atoms with Crippen LogP contribution in [0.5, 0.6) is 5.88 Å². The van der Waals surface area contributed by atoms with Crippen molar-refractivity contribution < 1.29 is 14.6 Å². The molecule has 1 N–H and O–H groups in total. The molecular formula is C12H17N3O3. The minimum Gasteiger partial charge on any atom is -0.481 e. The number of carboxylic acids is 1. The minimum absolute atomic E-state index is 0.00803. The maximum Gasteiger partial charge on any atom is 0.305 e. The van der Waals surface area contributed by atoms with Gasteiger partial charge in [-0.2, -0.15) is 4.98 Å². The van der Waals surface area contributed by atoms with Crippen molar-refractivity contribution in [3.63, 3.8) is 0 Å². The quantitative estimate of drug-likeness (QED) is 0.850. The van der Waals surface area contributed by atoms with Crippen molar-refractivity contribution in [3.8, 4) is 5.88 Å². The number of hydrogen-bond donors (Lipinski definition) is 1. The average molecular weight is 251 g/mol. The number of aromatic nitrogens is 2. The third-order valence-electron chi connectivity index (χ3n) is 2.97. The second-order valence-electron chi connectivity index (χ2n) is 4.24. The Hall–Kier alpha value is -1.85. The lowest BCUT2D eigenvalue weighted by molar-refractivity contribution is -0.137. The number of carbonyl (C=O) groups is 1. The van der Waals surface area contributed by atoms with Crippen molar-refractivity contribution in [1.82, 2.24) is 9.97 Å². The van der Waals surface area contributed by atoms with E-state index in [-0.39, 0.29) is 12.5 Å². The van der Waals surface area contributed by atoms with Crippen LogP contribution in [0.1, 0.15) is 26.2 Å². The SMILES string of the molecule is CCOc1cncc(N2CCCC2CC(=O)O)n1. The summed E-state index contributed by atoms with van der Waals surface area (Å²) in [6.45, 7) is 3.25. The lowest BCUT2D eigenvalue weighted by atomic mass is 10.1. The second-order valence-corrected chi connectivity index (χ2v) is 4.24. The molecule has 98 valence electrons. The molecule has 0 bridgehead atoms. The fourth-order valence-electron chi connectivity index (χ4n) is 2.25. The molecule has 1 aromatic heterocycles. The Balaban J connectivity index is 2.13. The molecule has 1 unspecified atom stereocenters. The zero-order valence-electron chi connectivity index (χ0n) is 10.4. The molecule has 2 heterocycles. The van der Waals surface area contributed by atoms with E-state index < -0.39 is 5.97 Å². The van der Waals surface area contributed by atoms with Crippen molar-refractivity contribution >= 4 is 11.8 Å². The van der Waals surface area contributed by atoms with Crippen molar-refractivity contribution in [3.05, 3.63) is 12.4 Å². The predicted molar refractivity (Wildman–Crippen MR) is 65.8 cm³/mol. The number of aliphatic carboxylic acids is 1. The van der Waals surface area contributed by atoms with E-state index >= 15 is 0 Å². The van der Waals surface area contributed by atoms with Gasteiger partial charge in [0.25, 0.3) is 0 Å². The third kappa shape index (κ3) is 2.88. The predicted octanol–water partition coefficient (Wildman–Crippen LogP) is 1.32. The molecule has 1 aliphatic heterocycles. The van der Waals surface area contributed by atoms with E-state index in [0.29, 0.717) is 18.3 Å². The lowest BCUT2D eigenvalue weighted by Crippen LogP contribution is -2.32. The molecule has 0 spiro atoms. The summed E-state index contributed by atoms with van der Waals surface area (Å²) < 4.78 is 5.31. The van der Waals surface area contributed by atoms with Crippen molar-refractivity contribution in [2.45, 2.75) is 32.2 Å². The van der Waals surface area contributed by atoms with Crippen LogP contribution < -0.4 is 9.64 Å². The first-order valence-corrected chi connectivity index (χ1v) is 6.14. The smallest absolute Gasteiger partial charge is 0.305 e. The maximum atomic E-state index is 10.8. The summed E-state index contributed by atoms with van der Waals surface area (Å²) in [4.78, 5) is 21.3. The van der Waals surface area contributed by atoms with Gasteiger partial charge in [-0.05, 0) is 19.8 Å². The highest BCUT2D eigenvalue weighted by atomic mass is 16.5. The molecule has 0 aromatic carbocycles. The van der Waals surface area contributed by atoms with Gasteiger partial charge in [-0.15, -0.1) is 0 Å². The Labute approximate surface area is 106 Å². The van der Waals surface area contributed by atoms with E-state index in [9.17, 15) is 4.79 Å². The number of rotatable bonds is 5. The average Bonchev–Trinajstić information content (AvgIpc) is 2.77. The zero-order valence-corrected chi connectivity index (χ0v) is 10.4. The molecule has 6 nitrogen and oxygen atoms in total. The monoisotopic (exact) mass is 251 g/mol. The minimum atomic E-state index is -0.777. The van der Waals surface area contributed by atoms with Crippen LogP contribution in [0.4, 0.5) is 5.82 Å². The van der Waals surface area contributed by atoms with E-state index in [0.717, 1.165) is 19.4 Å². The van der Waals surface area contributed by atoms with Gasteiger partial charge in [0.1, 0.15) is 0 Å². The topological polar surface area (TPSA) is 75.5 Å². The van der Waals surface area contributed by atoms with E-state index in [2.05, 4.69) is 9.97 Å². The standard InChI is InChI=1S/C12H17N3O3/c1-2-18-11-8-13-7-10(14-11)15-5-3-4-9(15)6-12(16)17/h7-9H,2-6H2,1H3,(H,16,17). The first kappa shape index (κ1) is 12.6. The van der Waals surface area contributed by atoms with Gasteiger partial charge in [0, 0.05) is 12.6 Å². The lowest BCUT2D eigenvalue weighted by Gasteiger charge is -2.24. The van der Waals surface area contributed by atoms with Gasteiger partial charge in [0.2, 0.25) is 5.88 Å². The molecule has 0 saturated carbocycles. The Kier molecular flexibility index (Phi) is 3.96. The van der Waals surface area contributed by atoms with E-state index in [1.54, 1.807) is 12.4 Å². The molecule has 0 radical (unpaired) electrons. The van der Waals surface area contributed by atoms with Gasteiger partial charge in [-0.3, -0.25) is 9.78 Å². The highest BCUT2D eigenvalue weighted by Crippen LogP contribution is 2.26. The molecule has 1 atom stereocenters. The summed E-state index contributed by atoms with van der Waals surface area (Å²) >= 11 is 0. The van der Waals surface area contributed by atoms with Crippen LogP contribution in [0.15, 0.2) is 12.4 Å². The van der Waals surface area contributed by atoms with Gasteiger partial charge in [0.05, 0.1) is 25.4 Å². The van der Waals surface area contributed by atoms with Gasteiger partial charge in [-0.1, -0.05) is 0 Å². The fourth-order valence-corrected chi connectivity index (χ4v) is 2.25. The van der Waals surface area contributed by atoms with Crippen molar-refractivity contribution in [1.29, 1.82) is 0 Å². The van der Waals surface area contributed by atoms with Crippen LogP contribution in [-0.2, 0) is 4.79 Å². The van der Waals surface area contributed by atoms with E-state index in [1.807, 2.05) is 11.8 Å². The number of ether oxygens (including phenoxy) is 1. The molecule has 2 rings (SSSR count). The first-order chi connectivity index (χ1) is 8.70. The summed E-state index contributed by atoms with van der Waals surface area (Å²) in [6.07, 6.45) is 5.23. The Morgan fingerprint density at radius 2 is 2.44 bits per heavy atom. The molecule has 1 fully saturated rings. The largest absolute Gasteiger partial charge is 0.481 e. The van der Waals surface area contributed by atoms with Gasteiger partial charge in [0.15, 0.2) is 5.82 Å². The number of nitrogens with zero attached hydrogens (tertiary/aromatic N) is 3. The normalized spacial score (nSPS) is 18.9. The maximum absolute atomic E-state index is 10.8. The third-order valence-corrected chi connectivity index (χ3v) is 2.97. The molecule has 6 heteroatoms. The summed E-state index contributed by atoms with van der Waals surface area (Å²) in [5.41, 5.74) is 0. The summed E-state index contributed by atoms with van der Waals surface area (Å²) in [6, 6.07) is 0.00803. The molecule has 1 aromatic rings. The fraction of sp³-hybridized carbons (Fsp3) is 0.583. The first-order valence-electron chi connectivity index (χ1n) is 6.14. The van der Waals surface area contributed by atoms with Crippen LogP contribution in [0.3, 0.4) is 0 Å². The molecule has 1 aliphatic rings. The molecule has 0 aliphatic carbocycles. The zero-order chi connectivity index (χ0) is 13.0. The Bertz CT molecular complexity index is 425. The van der Waals surface area contributed by atoms with Gasteiger partial charge in [-0.25, -0.2) is 0 Å². The highest BCUT2D eigenvalue weighted by Gasteiger charge is 2.28. The van der Waals surface area contributed by atoms with E-state index in [4.69, 9.17) is 9.84 Å². The van der Waals surface area contributed by atoms with Crippen molar-refractivity contribution in [2.75, 3.05) is 18.1 Å². The van der Waals surface area contributed by atoms with E-state index in [1.165, 1.54) is 0 Å². The van der Waals surface area contributed by atoms with Crippen LogP contribution in [0, 0.1) is 0 Å². The summed E-state index contributed by atoms with van der Waals surface area (Å²) in [5, 5.41) is 8.89. The van der Waals surface area contributed by atoms with Crippen LogP contribution in [-0.4, -0.2) is 40.2 Å². The Morgan fingerprint density at radius 1 is 1.61 bits per heavy atom. The van der Waals surface area contributed by atoms with Crippen LogP contribution in [0.25, 0.3) is 0 Å².